The molecule has 4 nitrogen and oxygen atoms in total. The average Bonchev–Trinajstić information content (AvgIpc) is 2.49. The molecule has 0 aliphatic carbocycles. The van der Waals surface area contributed by atoms with E-state index in [9.17, 15) is 4.79 Å². The Morgan fingerprint density at radius 3 is 2.57 bits per heavy atom. The number of carbonyl (C=O) groups is 1. The lowest BCUT2D eigenvalue weighted by atomic mass is 10.1. The molecule has 0 spiro atoms. The zero-order valence-corrected chi connectivity index (χ0v) is 12.2. The van der Waals surface area contributed by atoms with Crippen LogP contribution in [0.2, 0.25) is 5.02 Å². The number of hydrogen-bond acceptors (Lipinski definition) is 3. The van der Waals surface area contributed by atoms with Crippen molar-refractivity contribution in [1.29, 1.82) is 5.26 Å². The first-order valence-electron chi connectivity index (χ1n) is 6.38. The first-order chi connectivity index (χ1) is 10.1. The van der Waals surface area contributed by atoms with Crippen molar-refractivity contribution in [3.05, 3.63) is 58.6 Å². The lowest BCUT2D eigenvalue weighted by molar-refractivity contribution is 0.102. The van der Waals surface area contributed by atoms with Crippen molar-refractivity contribution >= 4 is 28.9 Å². The van der Waals surface area contributed by atoms with Gasteiger partial charge in [0.05, 0.1) is 18.1 Å². The van der Waals surface area contributed by atoms with Crippen molar-refractivity contribution in [3.8, 4) is 6.07 Å². The Morgan fingerprint density at radius 2 is 1.95 bits per heavy atom. The second-order valence-electron chi connectivity index (χ2n) is 4.43. The first kappa shape index (κ1) is 14.9. The average molecular weight is 300 g/mol. The topological polar surface area (TPSA) is 64.9 Å². The van der Waals surface area contributed by atoms with Gasteiger partial charge in [0.2, 0.25) is 0 Å². The predicted octanol–water partition coefficient (Wildman–Crippen LogP) is 3.70. The summed E-state index contributed by atoms with van der Waals surface area (Å²) in [6, 6.07) is 14.4. The highest BCUT2D eigenvalue weighted by Crippen LogP contribution is 2.21. The maximum absolute atomic E-state index is 12.3. The highest BCUT2D eigenvalue weighted by molar-refractivity contribution is 6.31. The van der Waals surface area contributed by atoms with Crippen LogP contribution in [0.25, 0.3) is 0 Å². The van der Waals surface area contributed by atoms with Crippen LogP contribution < -0.4 is 10.6 Å². The van der Waals surface area contributed by atoms with Gasteiger partial charge in [-0.2, -0.15) is 5.26 Å². The zero-order chi connectivity index (χ0) is 15.2. The number of rotatable bonds is 4. The molecule has 0 aliphatic heterocycles. The molecule has 0 fully saturated rings. The Morgan fingerprint density at radius 1 is 1.24 bits per heavy atom. The molecular weight excluding hydrogens is 286 g/mol. The van der Waals surface area contributed by atoms with E-state index >= 15 is 0 Å². The summed E-state index contributed by atoms with van der Waals surface area (Å²) in [5.41, 5.74) is 2.77. The maximum atomic E-state index is 12.3. The van der Waals surface area contributed by atoms with Gasteiger partial charge in [-0.05, 0) is 35.9 Å². The van der Waals surface area contributed by atoms with Crippen LogP contribution in [0.5, 0.6) is 0 Å². The third kappa shape index (κ3) is 3.74. The fourth-order valence-corrected chi connectivity index (χ4v) is 2.09. The number of carbonyl (C=O) groups excluding carboxylic acids is 1. The molecule has 0 bridgehead atoms. The molecule has 1 amide bonds. The molecule has 2 aromatic carbocycles. The molecule has 0 aromatic heterocycles. The van der Waals surface area contributed by atoms with Crippen LogP contribution in [0.4, 0.5) is 11.4 Å². The van der Waals surface area contributed by atoms with Gasteiger partial charge in [0.1, 0.15) is 0 Å². The monoisotopic (exact) mass is 299 g/mol. The van der Waals surface area contributed by atoms with Gasteiger partial charge in [-0.25, -0.2) is 0 Å². The van der Waals surface area contributed by atoms with Gasteiger partial charge in [0.25, 0.3) is 5.91 Å². The van der Waals surface area contributed by atoms with Crippen molar-refractivity contribution in [3.63, 3.8) is 0 Å². The molecule has 0 saturated carbocycles. The Kier molecular flexibility index (Phi) is 4.81. The highest BCUT2D eigenvalue weighted by Gasteiger charge is 2.11. The van der Waals surface area contributed by atoms with Crippen molar-refractivity contribution in [1.82, 2.24) is 0 Å². The molecule has 106 valence electrons. The number of hydrogen-bond donors (Lipinski definition) is 2. The second-order valence-corrected chi connectivity index (χ2v) is 4.86. The number of anilines is 2. The largest absolute Gasteiger partial charge is 0.387 e. The van der Waals surface area contributed by atoms with Crippen molar-refractivity contribution < 1.29 is 4.79 Å². The summed E-state index contributed by atoms with van der Waals surface area (Å²) < 4.78 is 0. The summed E-state index contributed by atoms with van der Waals surface area (Å²) in [6.07, 6.45) is 0.354. The lowest BCUT2D eigenvalue weighted by Crippen LogP contribution is -2.14. The SMILES string of the molecule is CNc1ccc(Cl)cc1C(=O)Nc1ccc(CC#N)cc1. The van der Waals surface area contributed by atoms with Crippen molar-refractivity contribution in [2.24, 2.45) is 0 Å². The molecule has 5 heteroatoms. The standard InChI is InChI=1S/C16H14ClN3O/c1-19-15-7-4-12(17)10-14(15)16(21)20-13-5-2-11(3-6-13)8-9-18/h2-7,10,19H,8H2,1H3,(H,20,21). The second kappa shape index (κ2) is 6.78. The van der Waals surface area contributed by atoms with Crippen molar-refractivity contribution in [2.75, 3.05) is 17.7 Å². The van der Waals surface area contributed by atoms with Gasteiger partial charge in [0.15, 0.2) is 0 Å². The normalized spacial score (nSPS) is 9.76. The number of halogens is 1. The quantitative estimate of drug-likeness (QED) is 0.904. The van der Waals surface area contributed by atoms with Crippen LogP contribution >= 0.6 is 11.6 Å². The molecule has 0 aliphatic rings. The molecule has 0 heterocycles. The van der Waals surface area contributed by atoms with E-state index in [0.29, 0.717) is 28.4 Å². The van der Waals surface area contributed by atoms with Crippen LogP contribution in [0.1, 0.15) is 15.9 Å². The van der Waals surface area contributed by atoms with Gasteiger partial charge < -0.3 is 10.6 Å². The Labute approximate surface area is 128 Å². The number of nitrogens with one attached hydrogen (secondary N) is 2. The Balaban J connectivity index is 2.18. The van der Waals surface area contributed by atoms with E-state index in [4.69, 9.17) is 16.9 Å². The van der Waals surface area contributed by atoms with Crippen LogP contribution in [-0.4, -0.2) is 13.0 Å². The molecular formula is C16H14ClN3O. The van der Waals surface area contributed by atoms with E-state index in [1.54, 1.807) is 37.4 Å². The van der Waals surface area contributed by atoms with Gasteiger partial charge >= 0.3 is 0 Å². The number of nitriles is 1. The summed E-state index contributed by atoms with van der Waals surface area (Å²) in [5, 5.41) is 14.9. The molecule has 21 heavy (non-hydrogen) atoms. The summed E-state index contributed by atoms with van der Waals surface area (Å²) in [6.45, 7) is 0. The fourth-order valence-electron chi connectivity index (χ4n) is 1.92. The van der Waals surface area contributed by atoms with Crippen LogP contribution in [0, 0.1) is 11.3 Å². The lowest BCUT2D eigenvalue weighted by Gasteiger charge is -2.10. The summed E-state index contributed by atoms with van der Waals surface area (Å²) in [5.74, 6) is -0.241. The molecule has 0 saturated heterocycles. The van der Waals surface area contributed by atoms with E-state index in [1.165, 1.54) is 0 Å². The molecule has 0 unspecified atom stereocenters. The Hall–Kier alpha value is -2.51. The minimum absolute atomic E-state index is 0.241. The van der Waals surface area contributed by atoms with Gasteiger partial charge in [-0.1, -0.05) is 23.7 Å². The molecule has 0 atom stereocenters. The van der Waals surface area contributed by atoms with Gasteiger partial charge in [-0.3, -0.25) is 4.79 Å². The van der Waals surface area contributed by atoms with E-state index in [2.05, 4.69) is 16.7 Å². The van der Waals surface area contributed by atoms with E-state index in [1.807, 2.05) is 12.1 Å². The number of amides is 1. The van der Waals surface area contributed by atoms with Gasteiger partial charge in [-0.15, -0.1) is 0 Å². The molecule has 2 N–H and O–H groups in total. The number of benzene rings is 2. The highest BCUT2D eigenvalue weighted by atomic mass is 35.5. The summed E-state index contributed by atoms with van der Waals surface area (Å²) in [7, 11) is 1.75. The first-order valence-corrected chi connectivity index (χ1v) is 6.76. The maximum Gasteiger partial charge on any atom is 0.257 e. The van der Waals surface area contributed by atoms with Crippen LogP contribution in [0.3, 0.4) is 0 Å². The molecule has 2 rings (SSSR count). The smallest absolute Gasteiger partial charge is 0.257 e. The minimum Gasteiger partial charge on any atom is -0.387 e. The third-order valence-electron chi connectivity index (χ3n) is 2.99. The zero-order valence-electron chi connectivity index (χ0n) is 11.5. The number of nitrogens with zero attached hydrogens (tertiary/aromatic N) is 1. The predicted molar refractivity (Wildman–Crippen MR) is 84.7 cm³/mol. The van der Waals surface area contributed by atoms with Crippen LogP contribution in [0.15, 0.2) is 42.5 Å². The van der Waals surface area contributed by atoms with E-state index < -0.39 is 0 Å². The Bertz CT molecular complexity index is 690. The van der Waals surface area contributed by atoms with E-state index in [-0.39, 0.29) is 5.91 Å². The molecule has 2 aromatic rings. The van der Waals surface area contributed by atoms with Crippen LogP contribution in [-0.2, 0) is 6.42 Å². The minimum atomic E-state index is -0.241. The van der Waals surface area contributed by atoms with Crippen molar-refractivity contribution in [2.45, 2.75) is 6.42 Å². The van der Waals surface area contributed by atoms with E-state index in [0.717, 1.165) is 5.56 Å². The third-order valence-corrected chi connectivity index (χ3v) is 3.23. The fraction of sp³-hybridized carbons (Fsp3) is 0.125. The summed E-state index contributed by atoms with van der Waals surface area (Å²) >= 11 is 5.94. The van der Waals surface area contributed by atoms with Gasteiger partial charge in [0, 0.05) is 23.4 Å². The summed E-state index contributed by atoms with van der Waals surface area (Å²) in [4.78, 5) is 12.3. The molecule has 0 radical (unpaired) electrons.